The van der Waals surface area contributed by atoms with Crippen molar-refractivity contribution >= 4 is 39.8 Å². The third-order valence-electron chi connectivity index (χ3n) is 4.97. The number of thiophene rings is 1. The number of methoxy groups -OCH3 is 1. The number of hydrogen-bond acceptors (Lipinski definition) is 7. The Bertz CT molecular complexity index is 1330. The van der Waals surface area contributed by atoms with Crippen LogP contribution < -0.4 is 15.4 Å². The predicted octanol–water partition coefficient (Wildman–Crippen LogP) is 5.45. The van der Waals surface area contributed by atoms with E-state index < -0.39 is 23.9 Å². The summed E-state index contributed by atoms with van der Waals surface area (Å²) in [7, 11) is 1.51. The molecular weight excluding hydrogens is 468 g/mol. The van der Waals surface area contributed by atoms with Crippen LogP contribution in [0.1, 0.15) is 37.5 Å². The Morgan fingerprint density at radius 1 is 0.943 bits per heavy atom. The van der Waals surface area contributed by atoms with Crippen LogP contribution in [0.15, 0.2) is 83.5 Å². The standard InChI is InChI=1S/C26H22N2O6S/c1-16-10-11-19(32-2)18(15-16)27-25(30)23(17-7-4-3-5-8-17)34-26(31)21-12-13-22(35-21)28-24(29)20-9-6-14-33-20/h3-15,23H,1-2H3,(H,27,30)(H,28,29). The summed E-state index contributed by atoms with van der Waals surface area (Å²) in [6.07, 6.45) is 0.185. The Kier molecular flexibility index (Phi) is 7.27. The third-order valence-corrected chi connectivity index (χ3v) is 5.95. The highest BCUT2D eigenvalue weighted by Crippen LogP contribution is 2.29. The molecule has 0 aliphatic carbocycles. The number of hydrogen-bond donors (Lipinski definition) is 2. The maximum Gasteiger partial charge on any atom is 0.349 e. The number of benzene rings is 2. The van der Waals surface area contributed by atoms with E-state index >= 15 is 0 Å². The van der Waals surface area contributed by atoms with Crippen molar-refractivity contribution in [3.8, 4) is 5.75 Å². The highest BCUT2D eigenvalue weighted by Gasteiger charge is 2.27. The van der Waals surface area contributed by atoms with Gasteiger partial charge in [0.2, 0.25) is 6.10 Å². The van der Waals surface area contributed by atoms with Crippen LogP contribution in [0.25, 0.3) is 0 Å². The van der Waals surface area contributed by atoms with E-state index in [2.05, 4.69) is 10.6 Å². The molecule has 0 saturated carbocycles. The first kappa shape index (κ1) is 23.8. The summed E-state index contributed by atoms with van der Waals surface area (Å²) in [5, 5.41) is 5.90. The summed E-state index contributed by atoms with van der Waals surface area (Å²) in [5.41, 5.74) is 1.90. The lowest BCUT2D eigenvalue weighted by Gasteiger charge is -2.19. The predicted molar refractivity (Wildman–Crippen MR) is 132 cm³/mol. The van der Waals surface area contributed by atoms with Gasteiger partial charge in [-0.25, -0.2) is 4.79 Å². The molecule has 1 unspecified atom stereocenters. The van der Waals surface area contributed by atoms with Crippen LogP contribution >= 0.6 is 11.3 Å². The van der Waals surface area contributed by atoms with Crippen LogP contribution in [0.2, 0.25) is 0 Å². The quantitative estimate of drug-likeness (QED) is 0.318. The van der Waals surface area contributed by atoms with Crippen molar-refractivity contribution in [2.75, 3.05) is 17.7 Å². The molecule has 9 heteroatoms. The van der Waals surface area contributed by atoms with E-state index in [1.807, 2.05) is 13.0 Å². The van der Waals surface area contributed by atoms with Crippen molar-refractivity contribution in [2.24, 2.45) is 0 Å². The Morgan fingerprint density at radius 2 is 1.74 bits per heavy atom. The summed E-state index contributed by atoms with van der Waals surface area (Å²) in [4.78, 5) is 38.6. The number of anilines is 2. The number of furan rings is 1. The van der Waals surface area contributed by atoms with Gasteiger partial charge in [-0.1, -0.05) is 36.4 Å². The van der Waals surface area contributed by atoms with Gasteiger partial charge in [0, 0.05) is 5.56 Å². The zero-order valence-electron chi connectivity index (χ0n) is 18.9. The molecule has 4 rings (SSSR count). The molecule has 0 radical (unpaired) electrons. The number of amides is 2. The fraction of sp³-hybridized carbons (Fsp3) is 0.115. The highest BCUT2D eigenvalue weighted by molar-refractivity contribution is 7.18. The number of aryl methyl sites for hydroxylation is 1. The smallest absolute Gasteiger partial charge is 0.349 e. The van der Waals surface area contributed by atoms with Gasteiger partial charge in [-0.05, 0) is 48.9 Å². The number of nitrogens with one attached hydrogen (secondary N) is 2. The van der Waals surface area contributed by atoms with E-state index in [4.69, 9.17) is 13.9 Å². The molecule has 35 heavy (non-hydrogen) atoms. The van der Waals surface area contributed by atoms with Crippen LogP contribution in [0.4, 0.5) is 10.7 Å². The average molecular weight is 491 g/mol. The zero-order chi connectivity index (χ0) is 24.8. The van der Waals surface area contributed by atoms with E-state index in [0.717, 1.165) is 16.9 Å². The normalized spacial score (nSPS) is 11.4. The van der Waals surface area contributed by atoms with Gasteiger partial charge in [-0.2, -0.15) is 0 Å². The second-order valence-corrected chi connectivity index (χ2v) is 8.57. The van der Waals surface area contributed by atoms with E-state index in [1.165, 1.54) is 25.5 Å². The zero-order valence-corrected chi connectivity index (χ0v) is 19.8. The summed E-state index contributed by atoms with van der Waals surface area (Å²) in [5.74, 6) is -1.04. The van der Waals surface area contributed by atoms with Crippen LogP contribution in [0.3, 0.4) is 0 Å². The van der Waals surface area contributed by atoms with E-state index in [0.29, 0.717) is 22.0 Å². The van der Waals surface area contributed by atoms with Gasteiger partial charge >= 0.3 is 5.97 Å². The van der Waals surface area contributed by atoms with Crippen molar-refractivity contribution in [1.29, 1.82) is 0 Å². The SMILES string of the molecule is COc1ccc(C)cc1NC(=O)C(OC(=O)c1ccc(NC(=O)c2ccco2)s1)c1ccccc1. The molecule has 1 atom stereocenters. The minimum Gasteiger partial charge on any atom is -0.495 e. The van der Waals surface area contributed by atoms with Crippen LogP contribution in [-0.2, 0) is 9.53 Å². The Balaban J connectivity index is 1.52. The van der Waals surface area contributed by atoms with E-state index in [1.54, 1.807) is 54.6 Å². The third kappa shape index (κ3) is 5.77. The number of rotatable bonds is 8. The molecule has 2 heterocycles. The molecule has 0 bridgehead atoms. The molecule has 178 valence electrons. The maximum atomic E-state index is 13.2. The number of carbonyl (C=O) groups is 3. The largest absolute Gasteiger partial charge is 0.495 e. The summed E-state index contributed by atoms with van der Waals surface area (Å²) in [6, 6.07) is 20.3. The van der Waals surface area contributed by atoms with E-state index in [9.17, 15) is 14.4 Å². The van der Waals surface area contributed by atoms with Crippen LogP contribution in [0.5, 0.6) is 5.75 Å². The molecule has 2 amide bonds. The minimum absolute atomic E-state index is 0.148. The van der Waals surface area contributed by atoms with Crippen LogP contribution in [-0.4, -0.2) is 24.9 Å². The molecule has 8 nitrogen and oxygen atoms in total. The van der Waals surface area contributed by atoms with E-state index in [-0.39, 0.29) is 10.6 Å². The van der Waals surface area contributed by atoms with Crippen molar-refractivity contribution in [2.45, 2.75) is 13.0 Å². The lowest BCUT2D eigenvalue weighted by molar-refractivity contribution is -0.125. The molecule has 4 aromatic rings. The minimum atomic E-state index is -1.21. The Morgan fingerprint density at radius 3 is 2.46 bits per heavy atom. The first-order valence-electron chi connectivity index (χ1n) is 10.6. The monoisotopic (exact) mass is 490 g/mol. The van der Waals surface area contributed by atoms with Gasteiger partial charge in [0.15, 0.2) is 5.76 Å². The van der Waals surface area contributed by atoms with Gasteiger partial charge in [0.05, 0.1) is 24.1 Å². The fourth-order valence-corrected chi connectivity index (χ4v) is 4.06. The number of esters is 1. The molecule has 0 saturated heterocycles. The Labute approximate surface area is 205 Å². The van der Waals surface area contributed by atoms with Gasteiger partial charge in [-0.15, -0.1) is 11.3 Å². The molecule has 0 aliphatic rings. The second kappa shape index (κ2) is 10.7. The summed E-state index contributed by atoms with van der Waals surface area (Å²) in [6.45, 7) is 1.89. The van der Waals surface area contributed by atoms with Gasteiger partial charge in [0.25, 0.3) is 11.8 Å². The Hall–Kier alpha value is -4.37. The molecular formula is C26H22N2O6S. The topological polar surface area (TPSA) is 107 Å². The first-order valence-corrected chi connectivity index (χ1v) is 11.4. The number of carbonyl (C=O) groups excluding carboxylic acids is 3. The van der Waals surface area contributed by atoms with Gasteiger partial charge in [0.1, 0.15) is 10.6 Å². The number of ether oxygens (including phenoxy) is 2. The van der Waals surface area contributed by atoms with Crippen molar-refractivity contribution in [3.05, 3.63) is 101 Å². The molecule has 0 aliphatic heterocycles. The van der Waals surface area contributed by atoms with Crippen LogP contribution in [0, 0.1) is 6.92 Å². The molecule has 2 aromatic carbocycles. The van der Waals surface area contributed by atoms with Gasteiger partial charge in [-0.3, -0.25) is 9.59 Å². The fourth-order valence-electron chi connectivity index (χ4n) is 3.28. The van der Waals surface area contributed by atoms with Crippen molar-refractivity contribution in [1.82, 2.24) is 0 Å². The molecule has 2 aromatic heterocycles. The maximum absolute atomic E-state index is 13.2. The summed E-state index contributed by atoms with van der Waals surface area (Å²) >= 11 is 1.03. The molecule has 0 fully saturated rings. The summed E-state index contributed by atoms with van der Waals surface area (Å²) < 4.78 is 16.0. The lowest BCUT2D eigenvalue weighted by Crippen LogP contribution is -2.26. The second-order valence-electron chi connectivity index (χ2n) is 7.48. The lowest BCUT2D eigenvalue weighted by atomic mass is 10.1. The first-order chi connectivity index (χ1) is 16.9. The highest BCUT2D eigenvalue weighted by atomic mass is 32.1. The van der Waals surface area contributed by atoms with Crippen molar-refractivity contribution in [3.63, 3.8) is 0 Å². The van der Waals surface area contributed by atoms with Gasteiger partial charge < -0.3 is 24.5 Å². The van der Waals surface area contributed by atoms with Crippen molar-refractivity contribution < 1.29 is 28.3 Å². The molecule has 0 spiro atoms. The average Bonchev–Trinajstić information content (AvgIpc) is 3.56. The molecule has 2 N–H and O–H groups in total.